The molecular formula is C21H21F2N7O2. The van der Waals surface area contributed by atoms with Crippen LogP contribution in [-0.4, -0.2) is 68.7 Å². The van der Waals surface area contributed by atoms with Crippen LogP contribution in [0, 0.1) is 11.3 Å². The second-order valence-electron chi connectivity index (χ2n) is 8.21. The van der Waals surface area contributed by atoms with Crippen LogP contribution in [-0.2, 0) is 11.8 Å². The van der Waals surface area contributed by atoms with E-state index in [0.29, 0.717) is 54.2 Å². The summed E-state index contributed by atoms with van der Waals surface area (Å²) in [7, 11) is 1.86. The first-order valence-corrected chi connectivity index (χ1v) is 10.3. The molecule has 2 fully saturated rings. The number of anilines is 1. The van der Waals surface area contributed by atoms with Crippen molar-refractivity contribution in [2.75, 3.05) is 31.1 Å². The molecule has 0 aromatic carbocycles. The summed E-state index contributed by atoms with van der Waals surface area (Å²) >= 11 is 0. The monoisotopic (exact) mass is 441 g/mol. The number of fused-ring (bicyclic) bond motifs is 1. The van der Waals surface area contributed by atoms with Crippen LogP contribution < -0.4 is 4.90 Å². The number of nitriles is 1. The van der Waals surface area contributed by atoms with Crippen molar-refractivity contribution in [3.05, 3.63) is 30.4 Å². The predicted octanol–water partition coefficient (Wildman–Crippen LogP) is 2.89. The standard InChI is InChI=1S/C21H21F2N7O2/c1-28-11-15(26-12-28)18-14(10-24)17-16(2-3-25-19(17)27-18)29-4-6-30(7-5-29)20(31)32-13-8-21(22,23)9-13/h2-3,11-13H,4-9H2,1H3,(H,25,27). The summed E-state index contributed by atoms with van der Waals surface area (Å²) in [5.74, 6) is -2.72. The average Bonchev–Trinajstić information content (AvgIpc) is 3.35. The lowest BCUT2D eigenvalue weighted by Crippen LogP contribution is -2.51. The van der Waals surface area contributed by atoms with E-state index in [2.05, 4.69) is 25.9 Å². The lowest BCUT2D eigenvalue weighted by Gasteiger charge is -2.39. The highest BCUT2D eigenvalue weighted by molar-refractivity contribution is 5.99. The van der Waals surface area contributed by atoms with Gasteiger partial charge in [-0.3, -0.25) is 0 Å². The van der Waals surface area contributed by atoms with Gasteiger partial charge in [-0.25, -0.2) is 23.5 Å². The molecule has 166 valence electrons. The van der Waals surface area contributed by atoms with Gasteiger partial charge in [0.2, 0.25) is 0 Å². The number of ether oxygens (including phenoxy) is 1. The highest BCUT2D eigenvalue weighted by atomic mass is 19.3. The van der Waals surface area contributed by atoms with Gasteiger partial charge < -0.3 is 24.1 Å². The molecule has 3 aromatic heterocycles. The summed E-state index contributed by atoms with van der Waals surface area (Å²) in [5.41, 5.74) is 3.17. The third-order valence-electron chi connectivity index (χ3n) is 5.94. The Morgan fingerprint density at radius 2 is 2.03 bits per heavy atom. The SMILES string of the molecule is Cn1cnc(-c2[nH]c3nccc(N4CCN(C(=O)OC5CC(F)(F)C5)CC4)c3c2C#N)c1. The number of carbonyl (C=O) groups is 1. The Labute approximate surface area is 182 Å². The lowest BCUT2D eigenvalue weighted by atomic mass is 9.91. The van der Waals surface area contributed by atoms with Gasteiger partial charge in [-0.05, 0) is 6.07 Å². The maximum absolute atomic E-state index is 13.0. The van der Waals surface area contributed by atoms with Gasteiger partial charge in [-0.2, -0.15) is 5.26 Å². The van der Waals surface area contributed by atoms with Gasteiger partial charge in [0, 0.05) is 58.5 Å². The number of hydrogen-bond acceptors (Lipinski definition) is 6. The first kappa shape index (κ1) is 20.2. The Kier molecular flexibility index (Phi) is 4.73. The molecule has 1 aliphatic heterocycles. The van der Waals surface area contributed by atoms with Gasteiger partial charge in [0.25, 0.3) is 5.92 Å². The molecule has 0 spiro atoms. The van der Waals surface area contributed by atoms with Crippen molar-refractivity contribution in [3.8, 4) is 17.5 Å². The van der Waals surface area contributed by atoms with Crippen LogP contribution in [0.25, 0.3) is 22.4 Å². The molecule has 5 rings (SSSR count). The Hall–Kier alpha value is -3.68. The zero-order valence-electron chi connectivity index (χ0n) is 17.4. The number of hydrogen-bond donors (Lipinski definition) is 1. The van der Waals surface area contributed by atoms with Crippen molar-refractivity contribution < 1.29 is 18.3 Å². The number of halogens is 2. The number of imidazole rings is 1. The minimum absolute atomic E-state index is 0.394. The molecule has 0 radical (unpaired) electrons. The van der Waals surface area contributed by atoms with Crippen LogP contribution in [0.15, 0.2) is 24.8 Å². The molecule has 0 unspecified atom stereocenters. The van der Waals surface area contributed by atoms with Crippen molar-refractivity contribution in [1.29, 1.82) is 5.26 Å². The molecule has 1 saturated carbocycles. The topological polar surface area (TPSA) is 103 Å². The molecule has 4 heterocycles. The minimum atomic E-state index is -2.72. The first-order chi connectivity index (χ1) is 15.3. The number of aryl methyl sites for hydroxylation is 1. The number of nitrogens with one attached hydrogen (secondary N) is 1. The van der Waals surface area contributed by atoms with Gasteiger partial charge in [-0.1, -0.05) is 0 Å². The molecule has 1 saturated heterocycles. The lowest BCUT2D eigenvalue weighted by molar-refractivity contribution is -0.147. The molecule has 1 amide bonds. The highest BCUT2D eigenvalue weighted by Gasteiger charge is 2.48. The van der Waals surface area contributed by atoms with Crippen molar-refractivity contribution in [3.63, 3.8) is 0 Å². The zero-order chi connectivity index (χ0) is 22.5. The van der Waals surface area contributed by atoms with E-state index in [1.807, 2.05) is 19.3 Å². The second-order valence-corrected chi connectivity index (χ2v) is 8.21. The smallest absolute Gasteiger partial charge is 0.410 e. The predicted molar refractivity (Wildman–Crippen MR) is 111 cm³/mol. The van der Waals surface area contributed by atoms with Crippen molar-refractivity contribution in [1.82, 2.24) is 24.4 Å². The Morgan fingerprint density at radius 3 is 2.66 bits per heavy atom. The van der Waals surface area contributed by atoms with Crippen LogP contribution in [0.4, 0.5) is 19.3 Å². The fraction of sp³-hybridized carbons (Fsp3) is 0.429. The summed E-state index contributed by atoms with van der Waals surface area (Å²) < 4.78 is 32.9. The van der Waals surface area contributed by atoms with E-state index in [1.54, 1.807) is 17.1 Å². The number of nitrogens with zero attached hydrogens (tertiary/aromatic N) is 6. The maximum atomic E-state index is 13.0. The number of aromatic nitrogens is 4. The van der Waals surface area contributed by atoms with Crippen molar-refractivity contribution in [2.24, 2.45) is 7.05 Å². The number of pyridine rings is 1. The summed E-state index contributed by atoms with van der Waals surface area (Å²) in [4.78, 5) is 27.9. The zero-order valence-corrected chi connectivity index (χ0v) is 17.4. The van der Waals surface area contributed by atoms with E-state index >= 15 is 0 Å². The molecule has 1 aliphatic carbocycles. The highest BCUT2D eigenvalue weighted by Crippen LogP contribution is 2.39. The third kappa shape index (κ3) is 3.51. The van der Waals surface area contributed by atoms with Crippen LogP contribution in [0.3, 0.4) is 0 Å². The summed E-state index contributed by atoms with van der Waals surface area (Å²) in [5, 5.41) is 10.6. The second kappa shape index (κ2) is 7.47. The first-order valence-electron chi connectivity index (χ1n) is 10.3. The number of rotatable bonds is 3. The molecule has 1 N–H and O–H groups in total. The Morgan fingerprint density at radius 1 is 1.28 bits per heavy atom. The summed E-state index contributed by atoms with van der Waals surface area (Å²) in [6.45, 7) is 1.82. The number of H-pyrrole nitrogens is 1. The number of amides is 1. The number of carbonyl (C=O) groups excluding carboxylic acids is 1. The van der Waals surface area contributed by atoms with Gasteiger partial charge >= 0.3 is 6.09 Å². The van der Waals surface area contributed by atoms with Gasteiger partial charge in [0.15, 0.2) is 0 Å². The third-order valence-corrected chi connectivity index (χ3v) is 5.94. The van der Waals surface area contributed by atoms with Crippen molar-refractivity contribution in [2.45, 2.75) is 24.9 Å². The van der Waals surface area contributed by atoms with Crippen LogP contribution >= 0.6 is 0 Å². The van der Waals surface area contributed by atoms with Gasteiger partial charge in [0.1, 0.15) is 23.5 Å². The molecule has 2 aliphatic rings. The van der Waals surface area contributed by atoms with Gasteiger partial charge in [0.05, 0.1) is 28.7 Å². The van der Waals surface area contributed by atoms with E-state index in [-0.39, 0.29) is 0 Å². The van der Waals surface area contributed by atoms with E-state index in [9.17, 15) is 18.8 Å². The molecule has 3 aromatic rings. The Balaban J connectivity index is 1.34. The molecule has 0 atom stereocenters. The Bertz CT molecular complexity index is 1210. The number of alkyl halides is 2. The summed E-state index contributed by atoms with van der Waals surface area (Å²) in [6, 6.07) is 4.13. The number of piperazine rings is 1. The largest absolute Gasteiger partial charge is 0.446 e. The van der Waals surface area contributed by atoms with Gasteiger partial charge in [-0.15, -0.1) is 0 Å². The molecule has 32 heavy (non-hydrogen) atoms. The van der Waals surface area contributed by atoms with E-state index in [0.717, 1.165) is 5.69 Å². The quantitative estimate of drug-likeness (QED) is 0.671. The van der Waals surface area contributed by atoms with Crippen LogP contribution in [0.1, 0.15) is 18.4 Å². The normalized spacial score (nSPS) is 18.4. The van der Waals surface area contributed by atoms with Crippen LogP contribution in [0.5, 0.6) is 0 Å². The molecule has 9 nitrogen and oxygen atoms in total. The average molecular weight is 441 g/mol. The number of aromatic amines is 1. The fourth-order valence-corrected chi connectivity index (χ4v) is 4.24. The molecular weight excluding hydrogens is 420 g/mol. The molecule has 11 heteroatoms. The van der Waals surface area contributed by atoms with E-state index < -0.39 is 31.0 Å². The van der Waals surface area contributed by atoms with E-state index in [1.165, 1.54) is 4.90 Å². The van der Waals surface area contributed by atoms with Crippen LogP contribution in [0.2, 0.25) is 0 Å². The minimum Gasteiger partial charge on any atom is -0.446 e. The maximum Gasteiger partial charge on any atom is 0.410 e. The summed E-state index contributed by atoms with van der Waals surface area (Å²) in [6.07, 6.45) is 3.09. The fourth-order valence-electron chi connectivity index (χ4n) is 4.24. The molecule has 0 bridgehead atoms. The van der Waals surface area contributed by atoms with E-state index in [4.69, 9.17) is 4.74 Å². The van der Waals surface area contributed by atoms with Crippen molar-refractivity contribution >= 4 is 22.8 Å².